The van der Waals surface area contributed by atoms with Gasteiger partial charge in [-0.25, -0.2) is 0 Å². The number of aromatic nitrogens is 4. The molecule has 0 aliphatic rings. The van der Waals surface area contributed by atoms with E-state index in [0.29, 0.717) is 26.8 Å². The van der Waals surface area contributed by atoms with Gasteiger partial charge in [-0.3, -0.25) is 9.78 Å². The van der Waals surface area contributed by atoms with E-state index in [1.54, 1.807) is 50.9 Å². The van der Waals surface area contributed by atoms with Gasteiger partial charge in [0.25, 0.3) is 5.56 Å². The second kappa shape index (κ2) is 6.57. The molecular formula is C18H14N4O3S. The lowest BCUT2D eigenvalue weighted by Crippen LogP contribution is -2.23. The summed E-state index contributed by atoms with van der Waals surface area (Å²) >= 11 is 1.29. The SMILES string of the molecule is COc1ccc(C=c2sc3nc(-c4ccncc4)nn3c2=O)cc1OC. The minimum absolute atomic E-state index is 0.201. The van der Waals surface area contributed by atoms with Gasteiger partial charge in [-0.15, -0.1) is 5.10 Å². The largest absolute Gasteiger partial charge is 0.493 e. The average Bonchev–Trinajstić information content (AvgIpc) is 3.22. The second-order valence-corrected chi connectivity index (χ2v) is 6.40. The molecular weight excluding hydrogens is 352 g/mol. The molecule has 26 heavy (non-hydrogen) atoms. The summed E-state index contributed by atoms with van der Waals surface area (Å²) in [5, 5.41) is 4.32. The number of methoxy groups -OCH3 is 2. The highest BCUT2D eigenvalue weighted by Gasteiger charge is 2.12. The molecule has 0 radical (unpaired) electrons. The molecule has 0 N–H and O–H groups in total. The van der Waals surface area contributed by atoms with Crippen molar-refractivity contribution < 1.29 is 9.47 Å². The zero-order valence-corrected chi connectivity index (χ0v) is 14.9. The number of ether oxygens (including phenoxy) is 2. The van der Waals surface area contributed by atoms with Crippen molar-refractivity contribution in [1.29, 1.82) is 0 Å². The maximum atomic E-state index is 12.6. The Morgan fingerprint density at radius 2 is 1.85 bits per heavy atom. The van der Waals surface area contributed by atoms with E-state index in [9.17, 15) is 4.79 Å². The van der Waals surface area contributed by atoms with Crippen LogP contribution in [0, 0.1) is 0 Å². The first-order chi connectivity index (χ1) is 12.7. The van der Waals surface area contributed by atoms with Gasteiger partial charge in [0.15, 0.2) is 17.3 Å². The standard InChI is InChI=1S/C18H14N4O3S/c1-24-13-4-3-11(9-14(13)25-2)10-15-17(23)22-18(26-15)20-16(21-22)12-5-7-19-8-6-12/h3-10H,1-2H3. The Labute approximate surface area is 152 Å². The van der Waals surface area contributed by atoms with Crippen LogP contribution >= 0.6 is 11.3 Å². The van der Waals surface area contributed by atoms with Gasteiger partial charge in [-0.2, -0.15) is 9.50 Å². The van der Waals surface area contributed by atoms with E-state index in [1.165, 1.54) is 15.9 Å². The lowest BCUT2D eigenvalue weighted by molar-refractivity contribution is 0.355. The van der Waals surface area contributed by atoms with Crippen LogP contribution in [-0.2, 0) is 0 Å². The summed E-state index contributed by atoms with van der Waals surface area (Å²) < 4.78 is 12.4. The topological polar surface area (TPSA) is 78.6 Å². The molecule has 0 bridgehead atoms. The van der Waals surface area contributed by atoms with E-state index in [2.05, 4.69) is 15.1 Å². The maximum absolute atomic E-state index is 12.6. The fraction of sp³-hybridized carbons (Fsp3) is 0.111. The highest BCUT2D eigenvalue weighted by Crippen LogP contribution is 2.27. The third kappa shape index (κ3) is 2.80. The third-order valence-corrected chi connectivity index (χ3v) is 4.78. The minimum atomic E-state index is -0.201. The molecule has 0 amide bonds. The Balaban J connectivity index is 1.78. The first-order valence-electron chi connectivity index (χ1n) is 7.73. The van der Waals surface area contributed by atoms with E-state index in [-0.39, 0.29) is 5.56 Å². The van der Waals surface area contributed by atoms with Crippen LogP contribution in [-0.4, -0.2) is 33.8 Å². The highest BCUT2D eigenvalue weighted by molar-refractivity contribution is 7.15. The molecule has 8 heteroatoms. The van der Waals surface area contributed by atoms with Gasteiger partial charge in [-0.1, -0.05) is 17.4 Å². The van der Waals surface area contributed by atoms with Gasteiger partial charge in [-0.05, 0) is 35.9 Å². The summed E-state index contributed by atoms with van der Waals surface area (Å²) in [7, 11) is 3.15. The quantitative estimate of drug-likeness (QED) is 0.548. The average molecular weight is 366 g/mol. The van der Waals surface area contributed by atoms with Gasteiger partial charge in [0.05, 0.1) is 18.8 Å². The van der Waals surface area contributed by atoms with E-state index >= 15 is 0 Å². The number of thiazole rings is 1. The van der Waals surface area contributed by atoms with Crippen molar-refractivity contribution in [3.63, 3.8) is 0 Å². The number of fused-ring (bicyclic) bond motifs is 1. The lowest BCUT2D eigenvalue weighted by atomic mass is 10.2. The fourth-order valence-corrected chi connectivity index (χ4v) is 3.46. The normalized spacial score (nSPS) is 11.8. The van der Waals surface area contributed by atoms with Gasteiger partial charge in [0.2, 0.25) is 4.96 Å². The van der Waals surface area contributed by atoms with Crippen LogP contribution in [0.5, 0.6) is 11.5 Å². The number of benzene rings is 1. The van der Waals surface area contributed by atoms with Gasteiger partial charge < -0.3 is 9.47 Å². The lowest BCUT2D eigenvalue weighted by Gasteiger charge is -2.07. The summed E-state index contributed by atoms with van der Waals surface area (Å²) in [6, 6.07) is 9.09. The van der Waals surface area contributed by atoms with Crippen molar-refractivity contribution in [3.8, 4) is 22.9 Å². The predicted molar refractivity (Wildman–Crippen MR) is 98.7 cm³/mol. The monoisotopic (exact) mass is 366 g/mol. The zero-order valence-electron chi connectivity index (χ0n) is 14.0. The molecule has 1 aromatic carbocycles. The number of hydrogen-bond acceptors (Lipinski definition) is 7. The number of hydrogen-bond donors (Lipinski definition) is 0. The van der Waals surface area contributed by atoms with Crippen LogP contribution in [0.4, 0.5) is 0 Å². The van der Waals surface area contributed by atoms with Crippen molar-refractivity contribution in [3.05, 3.63) is 63.2 Å². The van der Waals surface area contributed by atoms with Crippen molar-refractivity contribution in [2.75, 3.05) is 14.2 Å². The first-order valence-corrected chi connectivity index (χ1v) is 8.55. The van der Waals surface area contributed by atoms with E-state index in [1.807, 2.05) is 12.1 Å². The van der Waals surface area contributed by atoms with Crippen LogP contribution in [0.2, 0.25) is 0 Å². The van der Waals surface area contributed by atoms with Gasteiger partial charge in [0.1, 0.15) is 0 Å². The maximum Gasteiger partial charge on any atom is 0.291 e. The van der Waals surface area contributed by atoms with Crippen LogP contribution in [0.25, 0.3) is 22.4 Å². The predicted octanol–water partition coefficient (Wildman–Crippen LogP) is 1.78. The third-order valence-electron chi connectivity index (χ3n) is 3.83. The number of pyridine rings is 1. The summed E-state index contributed by atoms with van der Waals surface area (Å²) in [5.41, 5.74) is 1.45. The summed E-state index contributed by atoms with van der Waals surface area (Å²) in [6.07, 6.45) is 5.12. The smallest absolute Gasteiger partial charge is 0.291 e. The molecule has 7 nitrogen and oxygen atoms in total. The van der Waals surface area contributed by atoms with Crippen molar-refractivity contribution in [2.24, 2.45) is 0 Å². The van der Waals surface area contributed by atoms with E-state index in [0.717, 1.165) is 11.1 Å². The fourth-order valence-electron chi connectivity index (χ4n) is 2.55. The highest BCUT2D eigenvalue weighted by atomic mass is 32.1. The van der Waals surface area contributed by atoms with Crippen LogP contribution in [0.15, 0.2) is 47.5 Å². The van der Waals surface area contributed by atoms with Crippen LogP contribution < -0.4 is 19.6 Å². The van der Waals surface area contributed by atoms with Gasteiger partial charge >= 0.3 is 0 Å². The minimum Gasteiger partial charge on any atom is -0.493 e. The molecule has 3 heterocycles. The molecule has 0 unspecified atom stereocenters. The van der Waals surface area contributed by atoms with Crippen molar-refractivity contribution in [2.45, 2.75) is 0 Å². The summed E-state index contributed by atoms with van der Waals surface area (Å²) in [6.45, 7) is 0. The number of nitrogens with zero attached hydrogens (tertiary/aromatic N) is 4. The first kappa shape index (κ1) is 16.2. The van der Waals surface area contributed by atoms with Gasteiger partial charge in [0, 0.05) is 18.0 Å². The molecule has 0 atom stereocenters. The Morgan fingerprint density at radius 3 is 2.54 bits per heavy atom. The molecule has 0 fully saturated rings. The molecule has 4 aromatic rings. The van der Waals surface area contributed by atoms with E-state index in [4.69, 9.17) is 9.47 Å². The summed E-state index contributed by atoms with van der Waals surface area (Å²) in [5.74, 6) is 1.75. The Morgan fingerprint density at radius 1 is 1.08 bits per heavy atom. The Bertz CT molecular complexity index is 1180. The molecule has 3 aromatic heterocycles. The Hall–Kier alpha value is -3.26. The molecule has 0 spiro atoms. The molecule has 0 aliphatic carbocycles. The van der Waals surface area contributed by atoms with Crippen molar-refractivity contribution >= 4 is 22.4 Å². The van der Waals surface area contributed by atoms with Crippen LogP contribution in [0.1, 0.15) is 5.56 Å². The van der Waals surface area contributed by atoms with E-state index < -0.39 is 0 Å². The molecule has 0 saturated carbocycles. The second-order valence-electron chi connectivity index (χ2n) is 5.40. The molecule has 0 saturated heterocycles. The molecule has 130 valence electrons. The Kier molecular flexibility index (Phi) is 4.10. The zero-order chi connectivity index (χ0) is 18.1. The van der Waals surface area contributed by atoms with Crippen LogP contribution in [0.3, 0.4) is 0 Å². The van der Waals surface area contributed by atoms with Crippen molar-refractivity contribution in [1.82, 2.24) is 19.6 Å². The molecule has 0 aliphatic heterocycles. The summed E-state index contributed by atoms with van der Waals surface area (Å²) in [4.78, 5) is 21.6. The number of rotatable bonds is 4. The molecule has 4 rings (SSSR count).